The lowest BCUT2D eigenvalue weighted by Crippen LogP contribution is -2.42. The molecule has 2 rings (SSSR count). The van der Waals surface area contributed by atoms with Crippen LogP contribution in [-0.2, 0) is 9.53 Å². The zero-order valence-corrected chi connectivity index (χ0v) is 13.8. The van der Waals surface area contributed by atoms with E-state index in [0.717, 1.165) is 6.42 Å². The molecule has 2 amide bonds. The maximum atomic E-state index is 12.6. The Bertz CT molecular complexity index is 642. The van der Waals surface area contributed by atoms with Gasteiger partial charge >= 0.3 is 5.97 Å². The Morgan fingerprint density at radius 1 is 1.22 bits per heavy atom. The molecule has 2 atom stereocenters. The van der Waals surface area contributed by atoms with Crippen LogP contribution in [0.3, 0.4) is 0 Å². The van der Waals surface area contributed by atoms with Crippen molar-refractivity contribution >= 4 is 17.8 Å². The van der Waals surface area contributed by atoms with Gasteiger partial charge in [0.1, 0.15) is 0 Å². The second kappa shape index (κ2) is 6.77. The van der Waals surface area contributed by atoms with Crippen molar-refractivity contribution < 1.29 is 19.1 Å². The van der Waals surface area contributed by atoms with Crippen molar-refractivity contribution in [3.8, 4) is 0 Å². The predicted molar refractivity (Wildman–Crippen MR) is 86.0 cm³/mol. The maximum Gasteiger partial charge on any atom is 0.333 e. The molecule has 5 heteroatoms. The fraction of sp³-hybridized carbons (Fsp3) is 0.389. The fourth-order valence-electron chi connectivity index (χ4n) is 2.70. The highest BCUT2D eigenvalue weighted by molar-refractivity contribution is 6.21. The van der Waals surface area contributed by atoms with Crippen LogP contribution in [0.25, 0.3) is 0 Å². The third-order valence-corrected chi connectivity index (χ3v) is 4.28. The summed E-state index contributed by atoms with van der Waals surface area (Å²) in [5.41, 5.74) is 1.21. The van der Waals surface area contributed by atoms with Crippen molar-refractivity contribution in [3.63, 3.8) is 0 Å². The molecule has 0 aliphatic carbocycles. The van der Waals surface area contributed by atoms with E-state index >= 15 is 0 Å². The van der Waals surface area contributed by atoms with E-state index in [1.807, 2.05) is 13.8 Å². The Hall–Kier alpha value is -2.43. The normalized spacial score (nSPS) is 17.0. The van der Waals surface area contributed by atoms with E-state index in [2.05, 4.69) is 0 Å². The zero-order valence-electron chi connectivity index (χ0n) is 13.8. The van der Waals surface area contributed by atoms with Crippen molar-refractivity contribution in [3.05, 3.63) is 47.0 Å². The molecule has 0 radical (unpaired) electrons. The van der Waals surface area contributed by atoms with Crippen LogP contribution < -0.4 is 0 Å². The van der Waals surface area contributed by atoms with Crippen LogP contribution in [0.2, 0.25) is 0 Å². The van der Waals surface area contributed by atoms with Crippen molar-refractivity contribution in [2.45, 2.75) is 33.2 Å². The molecule has 0 spiro atoms. The third-order valence-electron chi connectivity index (χ3n) is 4.28. The number of fused-ring (bicyclic) bond motifs is 1. The summed E-state index contributed by atoms with van der Waals surface area (Å²) < 4.78 is 4.71. The topological polar surface area (TPSA) is 63.7 Å². The second-order valence-electron chi connectivity index (χ2n) is 5.74. The molecule has 1 aliphatic rings. The Labute approximate surface area is 135 Å². The second-order valence-corrected chi connectivity index (χ2v) is 5.74. The third kappa shape index (κ3) is 3.04. The van der Waals surface area contributed by atoms with Crippen molar-refractivity contribution in [2.75, 3.05) is 7.11 Å². The number of imide groups is 1. The molecule has 23 heavy (non-hydrogen) atoms. The molecule has 122 valence electrons. The van der Waals surface area contributed by atoms with Gasteiger partial charge in [-0.25, -0.2) is 4.79 Å². The van der Waals surface area contributed by atoms with Gasteiger partial charge in [-0.15, -0.1) is 0 Å². The van der Waals surface area contributed by atoms with Crippen molar-refractivity contribution in [1.29, 1.82) is 0 Å². The van der Waals surface area contributed by atoms with Crippen molar-refractivity contribution in [1.82, 2.24) is 4.90 Å². The minimum absolute atomic E-state index is 0.0248. The van der Waals surface area contributed by atoms with Gasteiger partial charge < -0.3 is 4.74 Å². The number of carbonyl (C=O) groups is 3. The van der Waals surface area contributed by atoms with Gasteiger partial charge in [0.15, 0.2) is 0 Å². The summed E-state index contributed by atoms with van der Waals surface area (Å²) >= 11 is 0. The minimum Gasteiger partial charge on any atom is -0.466 e. The van der Waals surface area contributed by atoms with E-state index < -0.39 is 12.0 Å². The first-order valence-electron chi connectivity index (χ1n) is 7.66. The van der Waals surface area contributed by atoms with E-state index in [-0.39, 0.29) is 17.7 Å². The van der Waals surface area contributed by atoms with Crippen LogP contribution >= 0.6 is 0 Å². The van der Waals surface area contributed by atoms with E-state index in [0.29, 0.717) is 16.7 Å². The molecule has 1 aliphatic heterocycles. The van der Waals surface area contributed by atoms with Gasteiger partial charge in [0.25, 0.3) is 11.8 Å². The van der Waals surface area contributed by atoms with Crippen LogP contribution in [0.5, 0.6) is 0 Å². The Morgan fingerprint density at radius 3 is 2.17 bits per heavy atom. The van der Waals surface area contributed by atoms with Crippen LogP contribution in [0.1, 0.15) is 47.9 Å². The number of rotatable bonds is 5. The molecule has 0 saturated carbocycles. The van der Waals surface area contributed by atoms with Crippen molar-refractivity contribution in [2.24, 2.45) is 5.92 Å². The van der Waals surface area contributed by atoms with Gasteiger partial charge in [-0.3, -0.25) is 14.5 Å². The number of methoxy groups -OCH3 is 1. The van der Waals surface area contributed by atoms with Crippen LogP contribution in [0.4, 0.5) is 0 Å². The Kier molecular flexibility index (Phi) is 4.98. The predicted octanol–water partition coefficient (Wildman–Crippen LogP) is 2.82. The number of nitrogens with zero attached hydrogens (tertiary/aromatic N) is 1. The summed E-state index contributed by atoms with van der Waals surface area (Å²) in [7, 11) is 1.31. The van der Waals surface area contributed by atoms with Gasteiger partial charge in [-0.05, 0) is 25.0 Å². The standard InChI is InChI=1S/C18H21NO4/c1-5-11(2)15(10-12(3)18(22)23-4)19-16(20)13-8-6-7-9-14(13)17(19)21/h6-11,15H,5H2,1-4H3/b12-10+/t11-,15+/m0/s1. The number of ether oxygens (including phenoxy) is 1. The molecule has 0 unspecified atom stereocenters. The van der Waals surface area contributed by atoms with Gasteiger partial charge in [0.05, 0.1) is 24.3 Å². The first kappa shape index (κ1) is 16.9. The number of carbonyl (C=O) groups excluding carboxylic acids is 3. The lowest BCUT2D eigenvalue weighted by atomic mass is 9.95. The summed E-state index contributed by atoms with van der Waals surface area (Å²) in [6.07, 6.45) is 2.42. The zero-order chi connectivity index (χ0) is 17.1. The summed E-state index contributed by atoms with van der Waals surface area (Å²) in [6.45, 7) is 5.56. The quantitative estimate of drug-likeness (QED) is 0.476. The number of hydrogen-bond donors (Lipinski definition) is 0. The van der Waals surface area contributed by atoms with Gasteiger partial charge in [-0.2, -0.15) is 0 Å². The molecule has 1 aromatic carbocycles. The van der Waals surface area contributed by atoms with E-state index in [1.54, 1.807) is 37.3 Å². The highest BCUT2D eigenvalue weighted by atomic mass is 16.5. The monoisotopic (exact) mass is 315 g/mol. The summed E-state index contributed by atoms with van der Waals surface area (Å²) in [6, 6.07) is 6.30. The average molecular weight is 315 g/mol. The molecule has 0 fully saturated rings. The molecular weight excluding hydrogens is 294 g/mol. The highest BCUT2D eigenvalue weighted by Gasteiger charge is 2.40. The fourth-order valence-corrected chi connectivity index (χ4v) is 2.70. The smallest absolute Gasteiger partial charge is 0.333 e. The van der Waals surface area contributed by atoms with Crippen LogP contribution in [-0.4, -0.2) is 35.8 Å². The molecule has 0 aromatic heterocycles. The molecule has 0 N–H and O–H groups in total. The summed E-state index contributed by atoms with van der Waals surface area (Å²) in [4.78, 5) is 38.2. The highest BCUT2D eigenvalue weighted by Crippen LogP contribution is 2.29. The SMILES string of the molecule is CC[C@H](C)[C@@H](/C=C(\C)C(=O)OC)N1C(=O)c2ccccc2C1=O. The molecule has 5 nitrogen and oxygen atoms in total. The number of esters is 1. The van der Waals surface area contributed by atoms with Gasteiger partial charge in [0.2, 0.25) is 0 Å². The van der Waals surface area contributed by atoms with E-state index in [1.165, 1.54) is 12.0 Å². The first-order valence-corrected chi connectivity index (χ1v) is 7.66. The lowest BCUT2D eigenvalue weighted by molar-refractivity contribution is -0.136. The Morgan fingerprint density at radius 2 is 1.74 bits per heavy atom. The number of hydrogen-bond acceptors (Lipinski definition) is 4. The minimum atomic E-state index is -0.480. The summed E-state index contributed by atoms with van der Waals surface area (Å²) in [5, 5.41) is 0. The molecular formula is C18H21NO4. The largest absolute Gasteiger partial charge is 0.466 e. The first-order chi connectivity index (χ1) is 10.9. The molecule has 1 aromatic rings. The average Bonchev–Trinajstić information content (AvgIpc) is 2.82. The molecule has 0 saturated heterocycles. The summed E-state index contributed by atoms with van der Waals surface area (Å²) in [5.74, 6) is -1.07. The molecule has 1 heterocycles. The van der Waals surface area contributed by atoms with Gasteiger partial charge in [0, 0.05) is 5.57 Å². The molecule has 0 bridgehead atoms. The van der Waals surface area contributed by atoms with Gasteiger partial charge in [-0.1, -0.05) is 38.5 Å². The lowest BCUT2D eigenvalue weighted by Gasteiger charge is -2.28. The van der Waals surface area contributed by atoms with E-state index in [4.69, 9.17) is 4.74 Å². The van der Waals surface area contributed by atoms with E-state index in [9.17, 15) is 14.4 Å². The maximum absolute atomic E-state index is 12.6. The van der Waals surface area contributed by atoms with Crippen LogP contribution in [0.15, 0.2) is 35.9 Å². The number of benzene rings is 1. The number of amides is 2. The Balaban J connectivity index is 2.44. The van der Waals surface area contributed by atoms with Crippen LogP contribution in [0, 0.1) is 5.92 Å².